The quantitative estimate of drug-likeness (QED) is 0.108. The average molecular weight is 726 g/mol. The Morgan fingerprint density at radius 2 is 1.47 bits per heavy atom. The highest BCUT2D eigenvalue weighted by Gasteiger charge is 2.42. The van der Waals surface area contributed by atoms with E-state index in [1.54, 1.807) is 39.0 Å². The molecule has 0 radical (unpaired) electrons. The van der Waals surface area contributed by atoms with Gasteiger partial charge in [-0.15, -0.1) is 9.75 Å². The van der Waals surface area contributed by atoms with Crippen LogP contribution in [0.25, 0.3) is 10.9 Å². The van der Waals surface area contributed by atoms with Gasteiger partial charge in [0.15, 0.2) is 14.9 Å². The molecule has 4 rings (SSSR count). The normalized spacial score (nSPS) is 15.1. The lowest BCUT2D eigenvalue weighted by molar-refractivity contribution is -0.775. The lowest BCUT2D eigenvalue weighted by Crippen LogP contribution is -2.54. The van der Waals surface area contributed by atoms with Gasteiger partial charge in [0.1, 0.15) is 35.2 Å². The first-order valence-corrected chi connectivity index (χ1v) is 20.0. The highest BCUT2D eigenvalue weighted by atomic mass is 28.4. The molecule has 0 saturated carbocycles. The van der Waals surface area contributed by atoms with Crippen molar-refractivity contribution in [2.24, 2.45) is 7.05 Å². The number of hydroxylamine groups is 2. The van der Waals surface area contributed by atoms with Gasteiger partial charge in [-0.1, -0.05) is 32.9 Å². The summed E-state index contributed by atoms with van der Waals surface area (Å²) in [6.07, 6.45) is -0.324. The van der Waals surface area contributed by atoms with Gasteiger partial charge in [0.05, 0.1) is 30.1 Å². The van der Waals surface area contributed by atoms with Gasteiger partial charge in [-0.25, -0.2) is 14.4 Å². The van der Waals surface area contributed by atoms with Gasteiger partial charge in [0.25, 0.3) is 11.8 Å². The molecule has 2 aromatic carbocycles. The molecule has 13 nitrogen and oxygen atoms in total. The Labute approximate surface area is 301 Å². The van der Waals surface area contributed by atoms with Crippen LogP contribution in [0.2, 0.25) is 18.1 Å². The van der Waals surface area contributed by atoms with E-state index in [-0.39, 0.29) is 35.4 Å². The number of alkyl carbamates (subject to hydrolysis) is 1. The summed E-state index contributed by atoms with van der Waals surface area (Å²) in [5, 5.41) is 4.27. The second-order valence-corrected chi connectivity index (χ2v) is 21.0. The molecule has 2 heterocycles. The minimum atomic E-state index is -2.22. The minimum absolute atomic E-state index is 0.0484. The lowest BCUT2D eigenvalue weighted by Gasteiger charge is -2.38. The number of benzene rings is 2. The zero-order chi connectivity index (χ0) is 38.1. The van der Waals surface area contributed by atoms with E-state index in [0.717, 1.165) is 10.9 Å². The molecule has 278 valence electrons. The number of nitrogens with one attached hydrogen (secondary N) is 1. The molecule has 51 heavy (non-hydrogen) atoms. The van der Waals surface area contributed by atoms with E-state index in [2.05, 4.69) is 39.2 Å². The van der Waals surface area contributed by atoms with E-state index >= 15 is 0 Å². The van der Waals surface area contributed by atoms with Crippen LogP contribution in [-0.2, 0) is 37.1 Å². The van der Waals surface area contributed by atoms with E-state index in [1.165, 1.54) is 12.1 Å². The molecule has 0 spiro atoms. The van der Waals surface area contributed by atoms with E-state index < -0.39 is 49.5 Å². The van der Waals surface area contributed by atoms with Crippen LogP contribution in [0, 0.1) is 0 Å². The number of carbonyl (C=O) groups excluding carboxylic acids is 4. The van der Waals surface area contributed by atoms with Crippen molar-refractivity contribution < 1.29 is 47.3 Å². The Hall–Kier alpha value is -4.27. The van der Waals surface area contributed by atoms with Gasteiger partial charge >= 0.3 is 12.1 Å². The maximum Gasteiger partial charge on any atom is 0.407 e. The van der Waals surface area contributed by atoms with E-state index in [0.29, 0.717) is 17.4 Å². The van der Waals surface area contributed by atoms with Crippen LogP contribution in [0.15, 0.2) is 48.7 Å². The number of amides is 3. The predicted molar refractivity (Wildman–Crippen MR) is 193 cm³/mol. The molecule has 1 N–H and O–H groups in total. The third-order valence-electron chi connectivity index (χ3n) is 8.61. The van der Waals surface area contributed by atoms with Crippen molar-refractivity contribution in [2.75, 3.05) is 13.2 Å². The lowest BCUT2D eigenvalue weighted by atomic mass is 10.1. The smallest absolute Gasteiger partial charge is 0.407 e. The largest absolute Gasteiger partial charge is 0.490 e. The minimum Gasteiger partial charge on any atom is -0.490 e. The molecule has 1 aromatic heterocycles. The molecule has 0 aliphatic carbocycles. The number of hydrogen-bond acceptors (Lipinski definition) is 9. The van der Waals surface area contributed by atoms with Crippen molar-refractivity contribution in [1.82, 2.24) is 15.1 Å². The highest BCUT2D eigenvalue weighted by molar-refractivity contribution is 6.74. The van der Waals surface area contributed by atoms with E-state index in [1.807, 2.05) is 55.5 Å². The Morgan fingerprint density at radius 3 is 2.02 bits per heavy atom. The number of aromatic nitrogens is 2. The molecule has 1 aliphatic heterocycles. The van der Waals surface area contributed by atoms with Crippen molar-refractivity contribution in [2.45, 2.75) is 110 Å². The van der Waals surface area contributed by atoms with E-state index in [4.69, 9.17) is 23.5 Å². The van der Waals surface area contributed by atoms with Crippen LogP contribution in [0.4, 0.5) is 4.79 Å². The first-order chi connectivity index (χ1) is 23.5. The third-order valence-corrected chi connectivity index (χ3v) is 13.1. The van der Waals surface area contributed by atoms with Gasteiger partial charge < -0.3 is 24.0 Å². The summed E-state index contributed by atoms with van der Waals surface area (Å²) < 4.78 is 27.8. The molecular weight excluding hydrogens is 673 g/mol. The summed E-state index contributed by atoms with van der Waals surface area (Å²) >= 11 is 0. The SMILES string of the molecule is Cn1c2ccc(OC[C@H](ON3C(=O)c4ccccc4C3=O)C(=O)OC(C)(C)C)cc2c[n+]1C[C@@H](CNC(=O)OC(C)(C)C)O[Si](C)(C)C(C)(C)C. The number of aryl methyl sites for hydroxylation is 1. The van der Waals surface area contributed by atoms with Crippen LogP contribution < -0.4 is 14.7 Å². The van der Waals surface area contributed by atoms with Gasteiger partial charge in [-0.2, -0.15) is 4.68 Å². The van der Waals surface area contributed by atoms with Crippen molar-refractivity contribution in [3.05, 3.63) is 59.8 Å². The zero-order valence-electron chi connectivity index (χ0n) is 31.9. The molecule has 1 aliphatic rings. The highest BCUT2D eigenvalue weighted by Crippen LogP contribution is 2.37. The summed E-state index contributed by atoms with van der Waals surface area (Å²) in [5.74, 6) is -1.70. The topological polar surface area (TPSA) is 139 Å². The van der Waals surface area contributed by atoms with Gasteiger partial charge in [-0.05, 0) is 90.0 Å². The second kappa shape index (κ2) is 14.8. The summed E-state index contributed by atoms with van der Waals surface area (Å²) in [7, 11) is -0.290. The van der Waals surface area contributed by atoms with Gasteiger partial charge in [-0.3, -0.25) is 9.59 Å². The van der Waals surface area contributed by atoms with Crippen molar-refractivity contribution in [1.29, 1.82) is 0 Å². The van der Waals surface area contributed by atoms with Crippen LogP contribution in [0.1, 0.15) is 83.0 Å². The maximum atomic E-state index is 13.2. The zero-order valence-corrected chi connectivity index (χ0v) is 32.9. The third kappa shape index (κ3) is 9.95. The molecule has 3 amide bonds. The number of fused-ring (bicyclic) bond motifs is 2. The van der Waals surface area contributed by atoms with Crippen LogP contribution in [0.3, 0.4) is 0 Å². The Bertz CT molecular complexity index is 1750. The van der Waals surface area contributed by atoms with Crippen molar-refractivity contribution >= 4 is 43.1 Å². The first kappa shape index (κ1) is 39.5. The average Bonchev–Trinajstić information content (AvgIpc) is 3.42. The number of nitrogens with zero attached hydrogens (tertiary/aromatic N) is 3. The predicted octanol–water partition coefficient (Wildman–Crippen LogP) is 5.70. The van der Waals surface area contributed by atoms with Gasteiger partial charge in [0, 0.05) is 0 Å². The molecule has 0 fully saturated rings. The summed E-state index contributed by atoms with van der Waals surface area (Å²) in [6, 6.07) is 11.8. The summed E-state index contributed by atoms with van der Waals surface area (Å²) in [6.45, 7) is 21.8. The van der Waals surface area contributed by atoms with Crippen LogP contribution in [-0.4, -0.2) is 78.5 Å². The standard InChI is InChI=1S/C37H52N4O9Si/c1-35(2,3)47-33(44)30(49-41-31(42)27-15-13-14-16-28(27)32(41)43)23-46-25-17-18-29-24(19-25)21-40(39(29)10)22-26(50-51(11,12)37(7,8)9)20-38-34(45)48-36(4,5)6/h13-19,21,26,30H,20,22-23H2,1-12H3/p+1/t26-,30+/m1/s1. The molecule has 0 saturated heterocycles. The maximum absolute atomic E-state index is 13.2. The van der Waals surface area contributed by atoms with Crippen LogP contribution in [0.5, 0.6) is 5.75 Å². The Morgan fingerprint density at radius 1 is 0.882 bits per heavy atom. The molecule has 0 unspecified atom stereocenters. The Balaban J connectivity index is 1.54. The number of ether oxygens (including phenoxy) is 3. The van der Waals surface area contributed by atoms with Crippen molar-refractivity contribution in [3.63, 3.8) is 0 Å². The van der Waals surface area contributed by atoms with Crippen molar-refractivity contribution in [3.8, 4) is 5.75 Å². The fourth-order valence-electron chi connectivity index (χ4n) is 5.11. The van der Waals surface area contributed by atoms with Gasteiger partial charge in [0.2, 0.25) is 12.3 Å². The number of esters is 1. The number of carbonyl (C=O) groups is 4. The number of rotatable bonds is 12. The first-order valence-electron chi connectivity index (χ1n) is 17.1. The molecule has 0 bridgehead atoms. The van der Waals surface area contributed by atoms with E-state index in [9.17, 15) is 19.2 Å². The van der Waals surface area contributed by atoms with Crippen LogP contribution >= 0.6 is 0 Å². The second-order valence-electron chi connectivity index (χ2n) is 16.3. The molecular formula is C37H53N4O9Si+. The fourth-order valence-corrected chi connectivity index (χ4v) is 6.45. The monoisotopic (exact) mass is 725 g/mol. The summed E-state index contributed by atoms with van der Waals surface area (Å²) in [4.78, 5) is 57.4. The summed E-state index contributed by atoms with van der Waals surface area (Å²) in [5.41, 5.74) is -0.206. The molecule has 2 atom stereocenters. The number of imide groups is 1. The fraction of sp³-hybridized carbons (Fsp3) is 0.541. The Kier molecular flexibility index (Phi) is 11.4. The molecule has 14 heteroatoms. The number of hydrogen-bond donors (Lipinski definition) is 1. The molecule has 3 aromatic rings.